The molecule has 0 unspecified atom stereocenters. The van der Waals surface area contributed by atoms with E-state index in [0.717, 1.165) is 6.07 Å². The minimum atomic E-state index is -0.376. The highest BCUT2D eigenvalue weighted by atomic mass is 79.9. The fraction of sp³-hybridized carbons (Fsp3) is 0.111. The van der Waals surface area contributed by atoms with Crippen LogP contribution >= 0.6 is 15.9 Å². The summed E-state index contributed by atoms with van der Waals surface area (Å²) in [6, 6.07) is 2.70. The highest BCUT2D eigenvalue weighted by Crippen LogP contribution is 2.28. The van der Waals surface area contributed by atoms with E-state index in [9.17, 15) is 9.90 Å². The molecule has 5 nitrogen and oxygen atoms in total. The third-order valence-corrected chi connectivity index (χ3v) is 2.47. The molecule has 0 atom stereocenters. The molecule has 2 N–H and O–H groups in total. The quantitative estimate of drug-likeness (QED) is 0.822. The van der Waals surface area contributed by atoms with Crippen LogP contribution < -0.4 is 10.3 Å². The smallest absolute Gasteiger partial charge is 0.252 e. The number of hydrogen-bond acceptors (Lipinski definition) is 4. The Morgan fingerprint density at radius 2 is 2.27 bits per heavy atom. The van der Waals surface area contributed by atoms with Crippen LogP contribution in [0.5, 0.6) is 11.6 Å². The van der Waals surface area contributed by atoms with Crippen LogP contribution in [0.25, 0.3) is 11.0 Å². The predicted molar refractivity (Wildman–Crippen MR) is 58.3 cm³/mol. The zero-order valence-corrected chi connectivity index (χ0v) is 9.33. The number of aromatic hydroxyl groups is 1. The number of nitrogens with zero attached hydrogens (tertiary/aromatic N) is 1. The normalized spacial score (nSPS) is 10.5. The molecule has 2 aromatic heterocycles. The molecule has 0 saturated heterocycles. The summed E-state index contributed by atoms with van der Waals surface area (Å²) in [6.07, 6.45) is 0. The molecule has 0 aromatic carbocycles. The number of H-pyrrole nitrogens is 1. The Morgan fingerprint density at radius 1 is 1.53 bits per heavy atom. The molecular formula is C9H7BrN2O3. The Bertz CT molecular complexity index is 579. The maximum Gasteiger partial charge on any atom is 0.252 e. The topological polar surface area (TPSA) is 75.2 Å². The van der Waals surface area contributed by atoms with Gasteiger partial charge in [-0.05, 0) is 22.0 Å². The van der Waals surface area contributed by atoms with E-state index in [1.165, 1.54) is 7.11 Å². The van der Waals surface area contributed by atoms with Gasteiger partial charge in [0.1, 0.15) is 11.3 Å². The van der Waals surface area contributed by atoms with E-state index in [1.54, 1.807) is 6.07 Å². The number of aromatic nitrogens is 2. The van der Waals surface area contributed by atoms with Gasteiger partial charge in [-0.1, -0.05) is 0 Å². The van der Waals surface area contributed by atoms with Crippen LogP contribution in [-0.2, 0) is 0 Å². The van der Waals surface area contributed by atoms with Crippen LogP contribution in [-0.4, -0.2) is 22.2 Å². The first kappa shape index (κ1) is 9.97. The third kappa shape index (κ3) is 1.68. The molecule has 6 heteroatoms. The number of hydrogen-bond donors (Lipinski definition) is 2. The number of ether oxygens (including phenoxy) is 1. The molecule has 2 rings (SSSR count). The summed E-state index contributed by atoms with van der Waals surface area (Å²) in [7, 11) is 1.47. The van der Waals surface area contributed by atoms with Crippen molar-refractivity contribution in [1.29, 1.82) is 0 Å². The maximum absolute atomic E-state index is 11.1. The number of fused-ring (bicyclic) bond motifs is 1. The van der Waals surface area contributed by atoms with Crippen molar-refractivity contribution in [3.8, 4) is 11.6 Å². The Kier molecular flexibility index (Phi) is 2.36. The lowest BCUT2D eigenvalue weighted by Gasteiger charge is -2.04. The van der Waals surface area contributed by atoms with Crippen LogP contribution in [0.2, 0.25) is 0 Å². The van der Waals surface area contributed by atoms with Gasteiger partial charge in [0.05, 0.1) is 17.1 Å². The van der Waals surface area contributed by atoms with Crippen molar-refractivity contribution in [2.24, 2.45) is 0 Å². The maximum atomic E-state index is 11.1. The van der Waals surface area contributed by atoms with Crippen molar-refractivity contribution in [2.75, 3.05) is 7.11 Å². The first-order valence-corrected chi connectivity index (χ1v) is 4.87. The lowest BCUT2D eigenvalue weighted by molar-refractivity contribution is 0.395. The van der Waals surface area contributed by atoms with Crippen molar-refractivity contribution in [3.05, 3.63) is 27.0 Å². The number of pyridine rings is 2. The number of halogens is 1. The molecule has 0 aliphatic carbocycles. The second kappa shape index (κ2) is 3.54. The average Bonchev–Trinajstić information content (AvgIpc) is 2.16. The largest absolute Gasteiger partial charge is 0.505 e. The van der Waals surface area contributed by atoms with Crippen LogP contribution in [0.15, 0.2) is 21.4 Å². The summed E-state index contributed by atoms with van der Waals surface area (Å²) in [5.74, 6) is 0.185. The van der Waals surface area contributed by atoms with Gasteiger partial charge in [-0.25, -0.2) is 4.98 Å². The van der Waals surface area contributed by atoms with E-state index in [2.05, 4.69) is 25.9 Å². The van der Waals surface area contributed by atoms with E-state index in [-0.39, 0.29) is 11.3 Å². The summed E-state index contributed by atoms with van der Waals surface area (Å²) in [5.41, 5.74) is 0.376. The summed E-state index contributed by atoms with van der Waals surface area (Å²) in [4.78, 5) is 17.7. The van der Waals surface area contributed by atoms with Crippen molar-refractivity contribution >= 4 is 27.0 Å². The van der Waals surface area contributed by atoms with Crippen molar-refractivity contribution in [1.82, 2.24) is 9.97 Å². The van der Waals surface area contributed by atoms with Gasteiger partial charge in [-0.2, -0.15) is 0 Å². The second-order valence-electron chi connectivity index (χ2n) is 2.89. The average molecular weight is 271 g/mol. The molecule has 2 aromatic rings. The lowest BCUT2D eigenvalue weighted by atomic mass is 10.3. The van der Waals surface area contributed by atoms with Gasteiger partial charge in [-0.3, -0.25) is 4.79 Å². The monoisotopic (exact) mass is 270 g/mol. The highest BCUT2D eigenvalue weighted by Gasteiger charge is 2.09. The standard InChI is InChI=1S/C9H7BrN2O3/c1-15-9-4(10)2-5-8(12-9)6(13)3-7(14)11-5/h2-3H,1H3,(H2,11,13,14). The first-order chi connectivity index (χ1) is 7.11. The molecule has 0 aliphatic heterocycles. The van der Waals surface area contributed by atoms with Crippen LogP contribution in [0.3, 0.4) is 0 Å². The number of nitrogens with one attached hydrogen (secondary N) is 1. The highest BCUT2D eigenvalue weighted by molar-refractivity contribution is 9.10. The van der Waals surface area contributed by atoms with Crippen molar-refractivity contribution in [2.45, 2.75) is 0 Å². The van der Waals surface area contributed by atoms with Gasteiger partial charge >= 0.3 is 0 Å². The number of aromatic amines is 1. The van der Waals surface area contributed by atoms with Gasteiger partial charge in [0.2, 0.25) is 5.88 Å². The van der Waals surface area contributed by atoms with Crippen LogP contribution in [0.1, 0.15) is 0 Å². The van der Waals surface area contributed by atoms with E-state index >= 15 is 0 Å². The molecule has 0 radical (unpaired) electrons. The van der Waals surface area contributed by atoms with Gasteiger partial charge in [0.25, 0.3) is 5.56 Å². The third-order valence-electron chi connectivity index (χ3n) is 1.91. The Hall–Kier alpha value is -1.56. The first-order valence-electron chi connectivity index (χ1n) is 4.08. The van der Waals surface area contributed by atoms with E-state index < -0.39 is 0 Å². The summed E-state index contributed by atoms with van der Waals surface area (Å²) in [5, 5.41) is 9.51. The predicted octanol–water partition coefficient (Wildman–Crippen LogP) is 1.40. The Balaban J connectivity index is 2.87. The molecule has 15 heavy (non-hydrogen) atoms. The molecule has 0 fully saturated rings. The number of methoxy groups -OCH3 is 1. The van der Waals surface area contributed by atoms with E-state index in [0.29, 0.717) is 21.4 Å². The zero-order chi connectivity index (χ0) is 11.0. The van der Waals surface area contributed by atoms with Gasteiger partial charge in [0.15, 0.2) is 0 Å². The van der Waals surface area contributed by atoms with Crippen LogP contribution in [0.4, 0.5) is 0 Å². The minimum Gasteiger partial charge on any atom is -0.505 e. The zero-order valence-electron chi connectivity index (χ0n) is 7.74. The number of rotatable bonds is 1. The molecule has 0 spiro atoms. The fourth-order valence-electron chi connectivity index (χ4n) is 1.27. The van der Waals surface area contributed by atoms with Crippen molar-refractivity contribution in [3.63, 3.8) is 0 Å². The molecule has 2 heterocycles. The lowest BCUT2D eigenvalue weighted by Crippen LogP contribution is -2.04. The summed E-state index contributed by atoms with van der Waals surface area (Å²) < 4.78 is 5.59. The molecule has 0 bridgehead atoms. The molecule has 0 amide bonds. The van der Waals surface area contributed by atoms with Gasteiger partial charge < -0.3 is 14.8 Å². The SMILES string of the molecule is COc1nc2c(O)cc(=O)[nH]c2cc1Br. The second-order valence-corrected chi connectivity index (χ2v) is 3.75. The van der Waals surface area contributed by atoms with Gasteiger partial charge in [0, 0.05) is 6.07 Å². The molecule has 0 aliphatic rings. The molecular weight excluding hydrogens is 264 g/mol. The van der Waals surface area contributed by atoms with Gasteiger partial charge in [-0.15, -0.1) is 0 Å². The Labute approximate surface area is 92.9 Å². The van der Waals surface area contributed by atoms with E-state index in [1.807, 2.05) is 0 Å². The Morgan fingerprint density at radius 3 is 2.93 bits per heavy atom. The van der Waals surface area contributed by atoms with E-state index in [4.69, 9.17) is 4.74 Å². The molecule has 78 valence electrons. The summed E-state index contributed by atoms with van der Waals surface area (Å²) >= 11 is 3.24. The minimum absolute atomic E-state index is 0.167. The molecule has 0 saturated carbocycles. The fourth-order valence-corrected chi connectivity index (χ4v) is 1.75. The van der Waals surface area contributed by atoms with Crippen molar-refractivity contribution < 1.29 is 9.84 Å². The van der Waals surface area contributed by atoms with Crippen LogP contribution in [0, 0.1) is 0 Å². The summed E-state index contributed by atoms with van der Waals surface area (Å²) in [6.45, 7) is 0.